The molecule has 2 aromatic heterocycles. The third kappa shape index (κ3) is 2.77. The summed E-state index contributed by atoms with van der Waals surface area (Å²) in [5, 5.41) is 7.57. The summed E-state index contributed by atoms with van der Waals surface area (Å²) in [5.41, 5.74) is 1.92. The highest BCUT2D eigenvalue weighted by Crippen LogP contribution is 2.27. The van der Waals surface area contributed by atoms with Crippen molar-refractivity contribution in [2.24, 2.45) is 0 Å². The Kier molecular flexibility index (Phi) is 4.81. The maximum atomic E-state index is 5.09. The van der Waals surface area contributed by atoms with E-state index in [0.29, 0.717) is 13.2 Å². The summed E-state index contributed by atoms with van der Waals surface area (Å²) in [4.78, 5) is 0. The highest BCUT2D eigenvalue weighted by Gasteiger charge is 2.22. The number of nitrogens with zero attached hydrogens (tertiary/aromatic N) is 4. The fourth-order valence-electron chi connectivity index (χ4n) is 1.74. The van der Waals surface area contributed by atoms with Crippen molar-refractivity contribution in [1.82, 2.24) is 23.8 Å². The summed E-state index contributed by atoms with van der Waals surface area (Å²) in [6.07, 6.45) is 3.56. The van der Waals surface area contributed by atoms with Crippen LogP contribution in [-0.2, 0) is 11.3 Å². The summed E-state index contributed by atoms with van der Waals surface area (Å²) in [7, 11) is 3.57. The van der Waals surface area contributed by atoms with Crippen LogP contribution < -0.4 is 5.32 Å². The minimum Gasteiger partial charge on any atom is -0.383 e. The second-order valence-electron chi connectivity index (χ2n) is 3.65. The Hall–Kier alpha value is -0.830. The quantitative estimate of drug-likeness (QED) is 0.867. The van der Waals surface area contributed by atoms with Gasteiger partial charge < -0.3 is 10.1 Å². The van der Waals surface area contributed by atoms with Crippen LogP contribution in [0.1, 0.15) is 17.4 Å². The van der Waals surface area contributed by atoms with Gasteiger partial charge in [-0.3, -0.25) is 4.68 Å². The number of rotatable bonds is 6. The first-order valence-electron chi connectivity index (χ1n) is 5.42. The lowest BCUT2D eigenvalue weighted by atomic mass is 10.1. The number of hydrogen-bond acceptors (Lipinski definition) is 6. The maximum absolute atomic E-state index is 5.09. The molecule has 0 aromatic carbocycles. The summed E-state index contributed by atoms with van der Waals surface area (Å²) in [6.45, 7) is 1.32. The predicted octanol–water partition coefficient (Wildman–Crippen LogP) is 1.45. The molecule has 98 valence electrons. The van der Waals surface area contributed by atoms with Gasteiger partial charge in [-0.1, -0.05) is 0 Å². The van der Waals surface area contributed by atoms with Crippen molar-refractivity contribution >= 4 is 27.7 Å². The van der Waals surface area contributed by atoms with Gasteiger partial charge >= 0.3 is 0 Å². The van der Waals surface area contributed by atoms with E-state index in [1.54, 1.807) is 19.5 Å². The zero-order valence-electron chi connectivity index (χ0n) is 10.1. The van der Waals surface area contributed by atoms with Crippen molar-refractivity contribution < 1.29 is 4.74 Å². The Labute approximate surface area is 118 Å². The van der Waals surface area contributed by atoms with Crippen LogP contribution in [0, 0.1) is 0 Å². The highest BCUT2D eigenvalue weighted by molar-refractivity contribution is 9.10. The third-order valence-electron chi connectivity index (χ3n) is 2.58. The molecule has 0 aliphatic carbocycles. The SMILES string of the molecule is CNC(c1cnsn1)c1c(Br)cnn1CCOC. The van der Waals surface area contributed by atoms with Gasteiger partial charge in [-0.2, -0.15) is 13.8 Å². The van der Waals surface area contributed by atoms with Gasteiger partial charge in [-0.25, -0.2) is 0 Å². The number of aromatic nitrogens is 4. The zero-order valence-corrected chi connectivity index (χ0v) is 12.5. The van der Waals surface area contributed by atoms with Gasteiger partial charge in [0, 0.05) is 7.11 Å². The third-order valence-corrected chi connectivity index (χ3v) is 3.68. The minimum atomic E-state index is -0.0301. The van der Waals surface area contributed by atoms with Gasteiger partial charge in [0.2, 0.25) is 0 Å². The van der Waals surface area contributed by atoms with Crippen molar-refractivity contribution in [2.75, 3.05) is 20.8 Å². The van der Waals surface area contributed by atoms with E-state index in [0.717, 1.165) is 15.9 Å². The van der Waals surface area contributed by atoms with E-state index in [1.807, 2.05) is 11.7 Å². The van der Waals surface area contributed by atoms with Crippen LogP contribution >= 0.6 is 27.7 Å². The van der Waals surface area contributed by atoms with Gasteiger partial charge in [-0.05, 0) is 23.0 Å². The summed E-state index contributed by atoms with van der Waals surface area (Å²) < 4.78 is 16.3. The molecule has 0 fully saturated rings. The predicted molar refractivity (Wildman–Crippen MR) is 72.6 cm³/mol. The topological polar surface area (TPSA) is 64.9 Å². The van der Waals surface area contributed by atoms with Crippen LogP contribution in [0.2, 0.25) is 0 Å². The van der Waals surface area contributed by atoms with E-state index in [9.17, 15) is 0 Å². The number of nitrogens with one attached hydrogen (secondary N) is 1. The molecule has 0 spiro atoms. The molecule has 1 N–H and O–H groups in total. The van der Waals surface area contributed by atoms with Crippen LogP contribution in [0.4, 0.5) is 0 Å². The van der Waals surface area contributed by atoms with Gasteiger partial charge in [0.05, 0.1) is 59.2 Å². The second-order valence-corrected chi connectivity index (χ2v) is 5.06. The molecule has 18 heavy (non-hydrogen) atoms. The number of halogens is 1. The lowest BCUT2D eigenvalue weighted by Gasteiger charge is -2.16. The molecule has 2 heterocycles. The van der Waals surface area contributed by atoms with Gasteiger partial charge in [0.25, 0.3) is 0 Å². The molecule has 1 atom stereocenters. The summed E-state index contributed by atoms with van der Waals surface area (Å²) >= 11 is 4.73. The molecule has 0 saturated heterocycles. The molecular formula is C10H14BrN5OS. The van der Waals surface area contributed by atoms with Crippen LogP contribution in [0.5, 0.6) is 0 Å². The molecule has 0 saturated carbocycles. The van der Waals surface area contributed by atoms with Crippen LogP contribution in [0.15, 0.2) is 16.9 Å². The van der Waals surface area contributed by atoms with Gasteiger partial charge in [-0.15, -0.1) is 0 Å². The van der Waals surface area contributed by atoms with Crippen molar-refractivity contribution in [1.29, 1.82) is 0 Å². The molecule has 2 aromatic rings. The smallest absolute Gasteiger partial charge is 0.0973 e. The number of ether oxygens (including phenoxy) is 1. The van der Waals surface area contributed by atoms with E-state index >= 15 is 0 Å². The first-order chi connectivity index (χ1) is 8.77. The Morgan fingerprint density at radius 2 is 2.39 bits per heavy atom. The molecule has 6 nitrogen and oxygen atoms in total. The largest absolute Gasteiger partial charge is 0.383 e. The van der Waals surface area contributed by atoms with E-state index in [2.05, 4.69) is 35.1 Å². The van der Waals surface area contributed by atoms with E-state index in [-0.39, 0.29) is 6.04 Å². The summed E-state index contributed by atoms with van der Waals surface area (Å²) in [6, 6.07) is -0.0301. The van der Waals surface area contributed by atoms with E-state index in [1.165, 1.54) is 11.7 Å². The average Bonchev–Trinajstić information content (AvgIpc) is 3.00. The normalized spacial score (nSPS) is 12.8. The molecule has 0 aliphatic heterocycles. The van der Waals surface area contributed by atoms with Crippen LogP contribution in [-0.4, -0.2) is 39.3 Å². The van der Waals surface area contributed by atoms with Crippen molar-refractivity contribution in [3.8, 4) is 0 Å². The molecule has 8 heteroatoms. The second kappa shape index (κ2) is 6.37. The van der Waals surface area contributed by atoms with Crippen molar-refractivity contribution in [3.05, 3.63) is 28.3 Å². The van der Waals surface area contributed by atoms with E-state index in [4.69, 9.17) is 4.74 Å². The Balaban J connectivity index is 2.32. The first-order valence-corrected chi connectivity index (χ1v) is 6.95. The molecule has 2 rings (SSSR count). The fourth-order valence-corrected chi connectivity index (χ4v) is 2.71. The van der Waals surface area contributed by atoms with Gasteiger partial charge in [0.1, 0.15) is 0 Å². The Morgan fingerprint density at radius 1 is 1.56 bits per heavy atom. The van der Waals surface area contributed by atoms with E-state index < -0.39 is 0 Å². The molecule has 0 bridgehead atoms. The lowest BCUT2D eigenvalue weighted by Crippen LogP contribution is -2.23. The maximum Gasteiger partial charge on any atom is 0.0973 e. The zero-order chi connectivity index (χ0) is 13.0. The fraction of sp³-hybridized carbons (Fsp3) is 0.500. The number of hydrogen-bond donors (Lipinski definition) is 1. The van der Waals surface area contributed by atoms with Crippen LogP contribution in [0.25, 0.3) is 0 Å². The molecule has 0 amide bonds. The van der Waals surface area contributed by atoms with Crippen molar-refractivity contribution in [2.45, 2.75) is 12.6 Å². The Morgan fingerprint density at radius 3 is 3.00 bits per heavy atom. The lowest BCUT2D eigenvalue weighted by molar-refractivity contribution is 0.182. The Bertz CT molecular complexity index is 486. The first kappa shape index (κ1) is 13.6. The average molecular weight is 332 g/mol. The molecule has 0 radical (unpaired) electrons. The van der Waals surface area contributed by atoms with Gasteiger partial charge in [0.15, 0.2) is 0 Å². The summed E-state index contributed by atoms with van der Waals surface area (Å²) in [5.74, 6) is 0. The highest BCUT2D eigenvalue weighted by atomic mass is 79.9. The van der Waals surface area contributed by atoms with Crippen LogP contribution in [0.3, 0.4) is 0 Å². The minimum absolute atomic E-state index is 0.0301. The molecular weight excluding hydrogens is 318 g/mol. The monoisotopic (exact) mass is 331 g/mol. The van der Waals surface area contributed by atoms with Crippen molar-refractivity contribution in [3.63, 3.8) is 0 Å². The molecule has 0 aliphatic rings. The standard InChI is InChI=1S/C10H14BrN5OS/c1-12-9(8-6-14-18-15-8)10-7(11)5-13-16(10)3-4-17-2/h5-6,9,12H,3-4H2,1-2H3. The molecule has 1 unspecified atom stereocenters. The number of methoxy groups -OCH3 is 1.